The summed E-state index contributed by atoms with van der Waals surface area (Å²) in [6, 6.07) is 7.60. The molecule has 2 rings (SSSR count). The molecule has 1 aromatic carbocycles. The molecule has 1 aliphatic heterocycles. The molecule has 0 saturated heterocycles. The zero-order chi connectivity index (χ0) is 13.0. The van der Waals surface area contributed by atoms with E-state index in [0.29, 0.717) is 0 Å². The van der Waals surface area contributed by atoms with E-state index in [1.165, 1.54) is 0 Å². The third kappa shape index (κ3) is 3.37. The van der Waals surface area contributed by atoms with Crippen molar-refractivity contribution < 1.29 is 0 Å². The van der Waals surface area contributed by atoms with Gasteiger partial charge in [0.1, 0.15) is 0 Å². The zero-order valence-corrected chi connectivity index (χ0v) is 11.3. The maximum Gasteiger partial charge on any atom is 0.0591 e. The number of allylic oxidation sites excluding steroid dienone is 2. The molecule has 0 aromatic heterocycles. The molecular formula is C14H16ClN3. The third-order valence-electron chi connectivity index (χ3n) is 2.72. The Kier molecular flexibility index (Phi) is 4.05. The molecule has 1 heterocycles. The van der Waals surface area contributed by atoms with E-state index >= 15 is 0 Å². The van der Waals surface area contributed by atoms with Crippen LogP contribution in [0, 0.1) is 0 Å². The molecule has 1 aliphatic rings. The van der Waals surface area contributed by atoms with E-state index < -0.39 is 0 Å². The van der Waals surface area contributed by atoms with Crippen LogP contribution in [0.2, 0.25) is 5.02 Å². The molecule has 0 spiro atoms. The van der Waals surface area contributed by atoms with Crippen LogP contribution in [0.1, 0.15) is 0 Å². The summed E-state index contributed by atoms with van der Waals surface area (Å²) in [4.78, 5) is 2.11. The quantitative estimate of drug-likeness (QED) is 0.615. The summed E-state index contributed by atoms with van der Waals surface area (Å²) in [5.74, 6) is 0. The summed E-state index contributed by atoms with van der Waals surface area (Å²) in [6.45, 7) is 0.919. The van der Waals surface area contributed by atoms with Crippen molar-refractivity contribution in [3.8, 4) is 0 Å². The highest BCUT2D eigenvalue weighted by atomic mass is 35.5. The molecule has 0 atom stereocenters. The Morgan fingerprint density at radius 2 is 2.06 bits per heavy atom. The van der Waals surface area contributed by atoms with Crippen LogP contribution in [0.3, 0.4) is 0 Å². The number of hydrazone groups is 1. The number of halogens is 1. The molecule has 0 bridgehead atoms. The Bertz CT molecular complexity index is 488. The molecule has 0 fully saturated rings. The van der Waals surface area contributed by atoms with E-state index in [0.717, 1.165) is 22.8 Å². The van der Waals surface area contributed by atoms with Crippen molar-refractivity contribution in [3.63, 3.8) is 0 Å². The molecule has 1 aromatic rings. The van der Waals surface area contributed by atoms with Gasteiger partial charge in [0, 0.05) is 25.7 Å². The highest BCUT2D eigenvalue weighted by molar-refractivity contribution is 6.30. The lowest BCUT2D eigenvalue weighted by Gasteiger charge is -2.16. The maximum absolute atomic E-state index is 5.85. The fourth-order valence-corrected chi connectivity index (χ4v) is 1.69. The second-order valence-electron chi connectivity index (χ2n) is 4.20. The Labute approximate surface area is 113 Å². The second kappa shape index (κ2) is 5.74. The Hall–Kier alpha value is -1.74. The van der Waals surface area contributed by atoms with Crippen LogP contribution in [0.25, 0.3) is 0 Å². The van der Waals surface area contributed by atoms with Gasteiger partial charge in [-0.25, -0.2) is 0 Å². The van der Waals surface area contributed by atoms with Gasteiger partial charge < -0.3 is 4.90 Å². The van der Waals surface area contributed by atoms with Gasteiger partial charge in [0.2, 0.25) is 0 Å². The topological polar surface area (TPSA) is 18.8 Å². The molecule has 0 radical (unpaired) electrons. The Balaban J connectivity index is 2.01. The Morgan fingerprint density at radius 3 is 2.67 bits per heavy atom. The third-order valence-corrected chi connectivity index (χ3v) is 2.97. The first-order chi connectivity index (χ1) is 8.65. The monoisotopic (exact) mass is 261 g/mol. The maximum atomic E-state index is 5.85. The minimum atomic E-state index is 0.733. The summed E-state index contributed by atoms with van der Waals surface area (Å²) in [6.07, 6.45) is 8.09. The van der Waals surface area contributed by atoms with Gasteiger partial charge in [0.25, 0.3) is 0 Å². The minimum Gasteiger partial charge on any atom is -0.377 e. The summed E-state index contributed by atoms with van der Waals surface area (Å²) in [5, 5.41) is 6.96. The van der Waals surface area contributed by atoms with E-state index in [2.05, 4.69) is 16.1 Å². The van der Waals surface area contributed by atoms with Gasteiger partial charge in [-0.05, 0) is 42.1 Å². The van der Waals surface area contributed by atoms with Crippen molar-refractivity contribution in [1.82, 2.24) is 4.90 Å². The van der Waals surface area contributed by atoms with E-state index in [-0.39, 0.29) is 0 Å². The van der Waals surface area contributed by atoms with Crippen molar-refractivity contribution in [1.29, 1.82) is 0 Å². The SMILES string of the molecule is CN1C=CC(C=NN(C)c2ccc(Cl)cc2)=CC1. The van der Waals surface area contributed by atoms with E-state index in [4.69, 9.17) is 11.6 Å². The molecule has 4 heteroatoms. The molecule has 0 saturated carbocycles. The first-order valence-electron chi connectivity index (χ1n) is 5.77. The summed E-state index contributed by atoms with van der Waals surface area (Å²) in [7, 11) is 3.96. The predicted molar refractivity (Wildman–Crippen MR) is 78.2 cm³/mol. The van der Waals surface area contributed by atoms with Gasteiger partial charge in [-0.2, -0.15) is 5.10 Å². The average molecular weight is 262 g/mol. The second-order valence-corrected chi connectivity index (χ2v) is 4.64. The van der Waals surface area contributed by atoms with Crippen molar-refractivity contribution in [2.24, 2.45) is 5.10 Å². The van der Waals surface area contributed by atoms with E-state index in [1.54, 1.807) is 0 Å². The molecule has 94 valence electrons. The first kappa shape index (κ1) is 12.7. The lowest BCUT2D eigenvalue weighted by atomic mass is 10.2. The Morgan fingerprint density at radius 1 is 1.33 bits per heavy atom. The van der Waals surface area contributed by atoms with Gasteiger partial charge >= 0.3 is 0 Å². The van der Waals surface area contributed by atoms with Crippen LogP contribution in [-0.4, -0.2) is 31.8 Å². The van der Waals surface area contributed by atoms with E-state index in [9.17, 15) is 0 Å². The predicted octanol–water partition coefficient (Wildman–Crippen LogP) is 3.15. The molecular weight excluding hydrogens is 246 g/mol. The molecule has 3 nitrogen and oxygen atoms in total. The number of hydrogen-bond acceptors (Lipinski definition) is 3. The number of likely N-dealkylation sites (N-methyl/N-ethyl adjacent to an activating group) is 1. The first-order valence-corrected chi connectivity index (χ1v) is 6.15. The molecule has 0 unspecified atom stereocenters. The average Bonchev–Trinajstić information content (AvgIpc) is 2.38. The van der Waals surface area contributed by atoms with Crippen LogP contribution in [0.4, 0.5) is 5.69 Å². The van der Waals surface area contributed by atoms with Crippen molar-refractivity contribution >= 4 is 23.5 Å². The summed E-state index contributed by atoms with van der Waals surface area (Å²) in [5.41, 5.74) is 2.13. The number of rotatable bonds is 3. The minimum absolute atomic E-state index is 0.733. The highest BCUT2D eigenvalue weighted by Gasteiger charge is 2.00. The summed E-state index contributed by atoms with van der Waals surface area (Å²) >= 11 is 5.85. The largest absolute Gasteiger partial charge is 0.377 e. The van der Waals surface area contributed by atoms with Crippen LogP contribution in [0.15, 0.2) is 53.3 Å². The number of nitrogens with zero attached hydrogens (tertiary/aromatic N) is 3. The number of hydrogen-bond donors (Lipinski definition) is 0. The summed E-state index contributed by atoms with van der Waals surface area (Å²) < 4.78 is 0. The molecule has 0 aliphatic carbocycles. The fourth-order valence-electron chi connectivity index (χ4n) is 1.56. The van der Waals surface area contributed by atoms with Crippen LogP contribution >= 0.6 is 11.6 Å². The number of anilines is 1. The van der Waals surface area contributed by atoms with Crippen LogP contribution < -0.4 is 5.01 Å². The van der Waals surface area contributed by atoms with Crippen molar-refractivity contribution in [2.75, 3.05) is 25.6 Å². The van der Waals surface area contributed by atoms with Gasteiger partial charge in [-0.15, -0.1) is 0 Å². The highest BCUT2D eigenvalue weighted by Crippen LogP contribution is 2.17. The molecule has 18 heavy (non-hydrogen) atoms. The lowest BCUT2D eigenvalue weighted by molar-refractivity contribution is 0.504. The van der Waals surface area contributed by atoms with Crippen molar-refractivity contribution in [2.45, 2.75) is 0 Å². The standard InChI is InChI=1S/C14H16ClN3/c1-17-9-7-12(8-10-17)11-16-18(2)14-5-3-13(15)4-6-14/h3-9,11H,10H2,1-2H3. The van der Waals surface area contributed by atoms with E-state index in [1.807, 2.05) is 61.9 Å². The normalized spacial score (nSPS) is 15.1. The zero-order valence-electron chi connectivity index (χ0n) is 10.5. The number of benzene rings is 1. The van der Waals surface area contributed by atoms with Crippen LogP contribution in [0.5, 0.6) is 0 Å². The van der Waals surface area contributed by atoms with Gasteiger partial charge in [0.15, 0.2) is 0 Å². The molecule has 0 amide bonds. The lowest BCUT2D eigenvalue weighted by Crippen LogP contribution is -2.14. The van der Waals surface area contributed by atoms with Gasteiger partial charge in [0.05, 0.1) is 11.9 Å². The molecule has 0 N–H and O–H groups in total. The smallest absolute Gasteiger partial charge is 0.0591 e. The van der Waals surface area contributed by atoms with Crippen molar-refractivity contribution in [3.05, 3.63) is 53.2 Å². The van der Waals surface area contributed by atoms with Gasteiger partial charge in [-0.1, -0.05) is 17.7 Å². The van der Waals surface area contributed by atoms with Crippen LogP contribution in [-0.2, 0) is 0 Å². The fraction of sp³-hybridized carbons (Fsp3) is 0.214. The van der Waals surface area contributed by atoms with Gasteiger partial charge in [-0.3, -0.25) is 5.01 Å².